The third-order valence-electron chi connectivity index (χ3n) is 1.94. The average Bonchev–Trinajstić information content (AvgIpc) is 2.16. The third-order valence-corrected chi connectivity index (χ3v) is 1.94. The van der Waals surface area contributed by atoms with Gasteiger partial charge < -0.3 is 5.73 Å². The molecule has 13 heavy (non-hydrogen) atoms. The Morgan fingerprint density at radius 1 is 0.923 bits per heavy atom. The first-order valence-corrected chi connectivity index (χ1v) is 5.43. The van der Waals surface area contributed by atoms with Crippen molar-refractivity contribution in [2.75, 3.05) is 6.54 Å². The lowest BCUT2D eigenvalue weighted by molar-refractivity contribution is 0.674. The molecule has 0 saturated heterocycles. The van der Waals surface area contributed by atoms with Gasteiger partial charge in [0, 0.05) is 0 Å². The average molecular weight is 181 g/mol. The van der Waals surface area contributed by atoms with Crippen LogP contribution in [0.5, 0.6) is 0 Å². The smallest absolute Gasteiger partial charge is 0.00425 e. The highest BCUT2D eigenvalue weighted by atomic mass is 14.5. The molecule has 0 heterocycles. The lowest BCUT2D eigenvalue weighted by atomic mass is 10.1. The minimum Gasteiger partial charge on any atom is -0.330 e. The van der Waals surface area contributed by atoms with Crippen LogP contribution in [0.2, 0.25) is 0 Å². The van der Waals surface area contributed by atoms with E-state index in [9.17, 15) is 0 Å². The molecule has 0 aromatic rings. The Bertz CT molecular complexity index is 136. The monoisotopic (exact) mass is 181 g/mol. The second kappa shape index (κ2) is 11.4. The summed E-state index contributed by atoms with van der Waals surface area (Å²) in [5.41, 5.74) is 5.35. The van der Waals surface area contributed by atoms with E-state index >= 15 is 0 Å². The minimum absolute atomic E-state index is 0.751. The topological polar surface area (TPSA) is 26.0 Å². The van der Waals surface area contributed by atoms with Gasteiger partial charge in [0.05, 0.1) is 0 Å². The van der Waals surface area contributed by atoms with Gasteiger partial charge in [-0.15, -0.1) is 0 Å². The number of nitrogens with two attached hydrogens (primary N) is 1. The van der Waals surface area contributed by atoms with Crippen molar-refractivity contribution in [1.29, 1.82) is 0 Å². The summed E-state index contributed by atoms with van der Waals surface area (Å²) in [6.07, 6.45) is 16.2. The molecule has 0 atom stereocenters. The van der Waals surface area contributed by atoms with Crippen molar-refractivity contribution in [3.63, 3.8) is 0 Å². The normalized spacial score (nSPS) is 11.8. The van der Waals surface area contributed by atoms with E-state index in [4.69, 9.17) is 5.73 Å². The van der Waals surface area contributed by atoms with Crippen LogP contribution in [0.25, 0.3) is 0 Å². The van der Waals surface area contributed by atoms with E-state index in [0.29, 0.717) is 0 Å². The van der Waals surface area contributed by atoms with Crippen LogP contribution in [0.1, 0.15) is 45.4 Å². The Labute approximate surface area is 82.7 Å². The number of hydrogen-bond donors (Lipinski definition) is 1. The molecule has 0 amide bonds. The molecule has 0 aliphatic carbocycles. The molecule has 0 saturated carbocycles. The van der Waals surface area contributed by atoms with Crippen LogP contribution in [0.4, 0.5) is 0 Å². The molecule has 0 unspecified atom stereocenters. The van der Waals surface area contributed by atoms with Gasteiger partial charge in [-0.1, -0.05) is 50.5 Å². The predicted molar refractivity (Wildman–Crippen MR) is 60.7 cm³/mol. The molecule has 1 heteroatoms. The van der Waals surface area contributed by atoms with Gasteiger partial charge in [-0.3, -0.25) is 0 Å². The fraction of sp³-hybridized carbons (Fsp3) is 0.667. The van der Waals surface area contributed by atoms with Gasteiger partial charge >= 0.3 is 0 Å². The van der Waals surface area contributed by atoms with Gasteiger partial charge in [-0.25, -0.2) is 0 Å². The molecule has 0 fully saturated rings. The zero-order valence-corrected chi connectivity index (χ0v) is 8.84. The predicted octanol–water partition coefficient (Wildman–Crippen LogP) is 3.42. The Hall–Kier alpha value is -0.560. The van der Waals surface area contributed by atoms with Crippen LogP contribution >= 0.6 is 0 Å². The molecule has 0 rings (SSSR count). The van der Waals surface area contributed by atoms with Crippen molar-refractivity contribution in [2.45, 2.75) is 45.4 Å². The van der Waals surface area contributed by atoms with E-state index < -0.39 is 0 Å². The second-order valence-electron chi connectivity index (χ2n) is 3.28. The standard InChI is InChI=1S/C12H23N/c1-2-3-4-5-6-7-8-9-10-11-12-13/h7-10H,2-6,11-13H2,1H3/b8-7+,10-9+. The molecular formula is C12H23N. The molecule has 0 aromatic carbocycles. The maximum atomic E-state index is 5.35. The molecule has 1 nitrogen and oxygen atoms in total. The lowest BCUT2D eigenvalue weighted by Crippen LogP contribution is -1.94. The summed E-state index contributed by atoms with van der Waals surface area (Å²) in [5.74, 6) is 0. The zero-order chi connectivity index (χ0) is 9.78. The van der Waals surface area contributed by atoms with E-state index in [2.05, 4.69) is 31.2 Å². The van der Waals surface area contributed by atoms with Crippen LogP contribution in [-0.4, -0.2) is 6.54 Å². The minimum atomic E-state index is 0.751. The second-order valence-corrected chi connectivity index (χ2v) is 3.28. The van der Waals surface area contributed by atoms with Gasteiger partial charge in [-0.05, 0) is 25.8 Å². The van der Waals surface area contributed by atoms with Crippen molar-refractivity contribution < 1.29 is 0 Å². The van der Waals surface area contributed by atoms with Gasteiger partial charge in [0.2, 0.25) is 0 Å². The van der Waals surface area contributed by atoms with Gasteiger partial charge in [-0.2, -0.15) is 0 Å². The highest BCUT2D eigenvalue weighted by Gasteiger charge is 1.82. The summed E-state index contributed by atoms with van der Waals surface area (Å²) in [4.78, 5) is 0. The molecular weight excluding hydrogens is 158 g/mol. The first-order valence-electron chi connectivity index (χ1n) is 5.43. The summed E-state index contributed by atoms with van der Waals surface area (Å²) < 4.78 is 0. The van der Waals surface area contributed by atoms with E-state index in [-0.39, 0.29) is 0 Å². The van der Waals surface area contributed by atoms with Crippen LogP contribution in [0, 0.1) is 0 Å². The fourth-order valence-electron chi connectivity index (χ4n) is 1.13. The highest BCUT2D eigenvalue weighted by Crippen LogP contribution is 2.02. The molecule has 0 aliphatic heterocycles. The number of unbranched alkanes of at least 4 members (excludes halogenated alkanes) is 4. The number of rotatable bonds is 8. The quantitative estimate of drug-likeness (QED) is 0.450. The maximum Gasteiger partial charge on any atom is -0.00425 e. The van der Waals surface area contributed by atoms with Crippen LogP contribution in [0.15, 0.2) is 24.3 Å². The molecule has 2 N–H and O–H groups in total. The molecule has 0 radical (unpaired) electrons. The van der Waals surface area contributed by atoms with Gasteiger partial charge in [0.1, 0.15) is 0 Å². The van der Waals surface area contributed by atoms with Crippen molar-refractivity contribution in [1.82, 2.24) is 0 Å². The zero-order valence-electron chi connectivity index (χ0n) is 8.84. The lowest BCUT2D eigenvalue weighted by Gasteiger charge is -1.92. The van der Waals surface area contributed by atoms with Crippen LogP contribution in [0.3, 0.4) is 0 Å². The van der Waals surface area contributed by atoms with E-state index in [1.807, 2.05) is 0 Å². The van der Waals surface area contributed by atoms with E-state index in [1.165, 1.54) is 32.1 Å². The van der Waals surface area contributed by atoms with Crippen molar-refractivity contribution in [2.24, 2.45) is 5.73 Å². The molecule has 0 bridgehead atoms. The largest absolute Gasteiger partial charge is 0.330 e. The molecule has 0 spiro atoms. The fourth-order valence-corrected chi connectivity index (χ4v) is 1.13. The van der Waals surface area contributed by atoms with Gasteiger partial charge in [0.25, 0.3) is 0 Å². The van der Waals surface area contributed by atoms with E-state index in [1.54, 1.807) is 0 Å². The summed E-state index contributed by atoms with van der Waals surface area (Å²) >= 11 is 0. The van der Waals surface area contributed by atoms with Crippen molar-refractivity contribution in [3.05, 3.63) is 24.3 Å². The first-order chi connectivity index (χ1) is 6.41. The Balaban J connectivity index is 3.12. The van der Waals surface area contributed by atoms with Gasteiger partial charge in [0.15, 0.2) is 0 Å². The van der Waals surface area contributed by atoms with Crippen LogP contribution < -0.4 is 5.73 Å². The number of allylic oxidation sites excluding steroid dienone is 3. The van der Waals surface area contributed by atoms with Crippen molar-refractivity contribution >= 4 is 0 Å². The third kappa shape index (κ3) is 11.4. The molecule has 0 aliphatic rings. The van der Waals surface area contributed by atoms with Crippen LogP contribution in [-0.2, 0) is 0 Å². The Morgan fingerprint density at radius 2 is 1.62 bits per heavy atom. The summed E-state index contributed by atoms with van der Waals surface area (Å²) in [6.45, 7) is 2.99. The maximum absolute atomic E-state index is 5.35. The summed E-state index contributed by atoms with van der Waals surface area (Å²) in [6, 6.07) is 0. The summed E-state index contributed by atoms with van der Waals surface area (Å²) in [5, 5.41) is 0. The number of hydrogen-bond acceptors (Lipinski definition) is 1. The van der Waals surface area contributed by atoms with E-state index in [0.717, 1.165) is 13.0 Å². The molecule has 0 aromatic heterocycles. The SMILES string of the molecule is CCCCCC/C=C/C=C/CCN. The first kappa shape index (κ1) is 12.4. The molecule has 76 valence electrons. The highest BCUT2D eigenvalue weighted by molar-refractivity contribution is 5.02. The Morgan fingerprint density at radius 3 is 2.23 bits per heavy atom. The van der Waals surface area contributed by atoms with Crippen molar-refractivity contribution in [3.8, 4) is 0 Å². The summed E-state index contributed by atoms with van der Waals surface area (Å²) in [7, 11) is 0. The Kier molecular flexibility index (Phi) is 10.9.